The summed E-state index contributed by atoms with van der Waals surface area (Å²) >= 11 is 3.65. The lowest BCUT2D eigenvalue weighted by Gasteiger charge is -2.14. The highest BCUT2D eigenvalue weighted by Crippen LogP contribution is 2.29. The van der Waals surface area contributed by atoms with Gasteiger partial charge in [0.25, 0.3) is 11.1 Å². The lowest BCUT2D eigenvalue weighted by Crippen LogP contribution is -2.33. The van der Waals surface area contributed by atoms with Crippen molar-refractivity contribution in [2.45, 2.75) is 63.1 Å². The van der Waals surface area contributed by atoms with Crippen LogP contribution in [0.5, 0.6) is 0 Å². The van der Waals surface area contributed by atoms with E-state index in [1.807, 2.05) is 29.5 Å². The zero-order valence-electron chi connectivity index (χ0n) is 17.9. The van der Waals surface area contributed by atoms with Crippen molar-refractivity contribution in [3.63, 3.8) is 0 Å². The van der Waals surface area contributed by atoms with Crippen molar-refractivity contribution >= 4 is 45.2 Å². The number of halogens is 2. The monoisotopic (exact) mass is 706 g/mol. The summed E-state index contributed by atoms with van der Waals surface area (Å²) in [6.45, 7) is 1.60. The second-order valence-electron chi connectivity index (χ2n) is 7.74. The Morgan fingerprint density at radius 2 is 1.29 bits per heavy atom. The molecule has 5 N–H and O–H groups in total. The molecule has 4 rings (SSSR count). The fourth-order valence-electron chi connectivity index (χ4n) is 3.65. The Morgan fingerprint density at radius 1 is 0.882 bits per heavy atom. The summed E-state index contributed by atoms with van der Waals surface area (Å²) in [6, 6.07) is 0. The van der Waals surface area contributed by atoms with Gasteiger partial charge in [0.2, 0.25) is 0 Å². The topological polar surface area (TPSA) is 189 Å². The van der Waals surface area contributed by atoms with Crippen LogP contribution in [0.2, 0.25) is 0 Å². The predicted octanol–water partition coefficient (Wildman–Crippen LogP) is -1.02. The molecule has 2 aliphatic rings. The molecule has 2 aliphatic heterocycles. The predicted molar refractivity (Wildman–Crippen MR) is 135 cm³/mol. The Hall–Kier alpha value is -1.38. The molecule has 0 unspecified atom stereocenters. The van der Waals surface area contributed by atoms with Gasteiger partial charge >= 0.3 is 11.4 Å². The van der Waals surface area contributed by atoms with Crippen LogP contribution in [-0.4, -0.2) is 65.4 Å². The number of hydrogen-bond donors (Lipinski definition) is 5. The van der Waals surface area contributed by atoms with Crippen LogP contribution in [0.1, 0.15) is 38.6 Å². The first-order valence-corrected chi connectivity index (χ1v) is 12.5. The zero-order valence-corrected chi connectivity index (χ0v) is 22.2. The van der Waals surface area contributed by atoms with Crippen molar-refractivity contribution in [3.05, 3.63) is 61.2 Å². The van der Waals surface area contributed by atoms with Crippen LogP contribution in [0.15, 0.2) is 31.6 Å². The van der Waals surface area contributed by atoms with E-state index >= 15 is 0 Å². The van der Waals surface area contributed by atoms with E-state index in [0.717, 1.165) is 0 Å². The van der Waals surface area contributed by atoms with Gasteiger partial charge in [0.05, 0.1) is 32.1 Å². The molecule has 6 atom stereocenters. The van der Waals surface area contributed by atoms with E-state index < -0.39 is 53.3 Å². The van der Waals surface area contributed by atoms with Gasteiger partial charge in [-0.1, -0.05) is 6.92 Å². The number of H-pyrrole nitrogens is 2. The van der Waals surface area contributed by atoms with E-state index in [0.29, 0.717) is 20.0 Å². The highest BCUT2D eigenvalue weighted by Gasteiger charge is 2.35. The van der Waals surface area contributed by atoms with Gasteiger partial charge in [0.1, 0.15) is 18.6 Å². The molecule has 0 amide bonds. The summed E-state index contributed by atoms with van der Waals surface area (Å²) in [6.07, 6.45) is 0.570. The number of hydrogen-bond acceptors (Lipinski definition) is 9. The third kappa shape index (κ3) is 6.05. The molecule has 2 aromatic rings. The minimum atomic E-state index is -0.818. The van der Waals surface area contributed by atoms with Crippen LogP contribution in [0.3, 0.4) is 0 Å². The van der Waals surface area contributed by atoms with Crippen LogP contribution in [0.4, 0.5) is 0 Å². The maximum absolute atomic E-state index is 11.6. The van der Waals surface area contributed by atoms with Gasteiger partial charge in [0.15, 0.2) is 0 Å². The average molecular weight is 706 g/mol. The maximum atomic E-state index is 11.6. The third-order valence-electron chi connectivity index (χ3n) is 5.46. The van der Waals surface area contributed by atoms with Crippen molar-refractivity contribution in [1.82, 2.24) is 19.1 Å². The molecule has 2 fully saturated rings. The normalized spacial score (nSPS) is 28.5. The number of aromatic amines is 2. The molecule has 0 bridgehead atoms. The number of nitrogens with one attached hydrogen (secondary N) is 2. The van der Waals surface area contributed by atoms with E-state index in [4.69, 9.17) is 14.6 Å². The minimum absolute atomic E-state index is 0.202. The van der Waals surface area contributed by atoms with Crippen molar-refractivity contribution < 1.29 is 24.8 Å². The van der Waals surface area contributed by atoms with Gasteiger partial charge in [-0.2, -0.15) is 0 Å². The lowest BCUT2D eigenvalue weighted by atomic mass is 10.1. The molecule has 0 aliphatic carbocycles. The molecule has 13 nitrogen and oxygen atoms in total. The van der Waals surface area contributed by atoms with Crippen molar-refractivity contribution in [2.24, 2.45) is 0 Å². The molecule has 0 radical (unpaired) electrons. The molecule has 2 aromatic heterocycles. The van der Waals surface area contributed by atoms with Crippen molar-refractivity contribution in [1.29, 1.82) is 0 Å². The Bertz CT molecular complexity index is 1140. The smallest absolute Gasteiger partial charge is 0.330 e. The van der Waals surface area contributed by atoms with Gasteiger partial charge in [-0.25, -0.2) is 9.59 Å². The molecule has 34 heavy (non-hydrogen) atoms. The highest BCUT2D eigenvalue weighted by molar-refractivity contribution is 14.1. The molecule has 0 spiro atoms. The molecular weight excluding hydrogens is 682 g/mol. The number of aromatic nitrogens is 4. The number of nitrogens with zero attached hydrogens (tertiary/aromatic N) is 2. The van der Waals surface area contributed by atoms with Crippen LogP contribution < -0.4 is 22.5 Å². The Kier molecular flexibility index (Phi) is 9.26. The number of aliphatic hydroxyl groups excluding tert-OH is 3. The molecule has 2 saturated heterocycles. The molecule has 4 heterocycles. The first-order valence-electron chi connectivity index (χ1n) is 10.4. The van der Waals surface area contributed by atoms with Gasteiger partial charge in [-0.05, 0) is 51.6 Å². The van der Waals surface area contributed by atoms with E-state index in [1.54, 1.807) is 22.6 Å². The Balaban J connectivity index is 0.000000191. The van der Waals surface area contributed by atoms with Gasteiger partial charge in [0, 0.05) is 25.2 Å². The summed E-state index contributed by atoms with van der Waals surface area (Å²) in [5.41, 5.74) is -1.96. The first kappa shape index (κ1) is 27.2. The second-order valence-corrected chi connectivity index (χ2v) is 10.1. The Morgan fingerprint density at radius 3 is 1.65 bits per heavy atom. The Labute approximate surface area is 219 Å². The van der Waals surface area contributed by atoms with E-state index in [-0.39, 0.29) is 19.1 Å². The van der Waals surface area contributed by atoms with E-state index in [2.05, 4.69) is 9.97 Å². The average Bonchev–Trinajstić information content (AvgIpc) is 3.35. The van der Waals surface area contributed by atoms with Gasteiger partial charge in [-0.3, -0.25) is 28.7 Å². The standard InChI is InChI=1S/C10H13IN2O4.C9H11IN2O5/c1-2-7-6(14)3-8(17-7)13-4-5(11)9(15)12-10(13)16;10-4-2-12(9(16)11-8(4)15)7-1-5(14)6(3-13)17-7/h4,6-8,14H,2-3H2,1H3,(H,12,15,16);2,5-7,13-14H,1,3H2,(H,11,15,16)/t6-,7-,8-;5-,6-,7-/m11/s1. The second kappa shape index (κ2) is 11.6. The molecule has 0 aromatic carbocycles. The van der Waals surface area contributed by atoms with Crippen molar-refractivity contribution in [3.8, 4) is 0 Å². The molecule has 15 heteroatoms. The third-order valence-corrected chi connectivity index (χ3v) is 7.00. The summed E-state index contributed by atoms with van der Waals surface area (Å²) in [5.74, 6) is 0. The fraction of sp³-hybridized carbons (Fsp3) is 0.579. The number of ether oxygens (including phenoxy) is 2. The van der Waals surface area contributed by atoms with Gasteiger partial charge < -0.3 is 24.8 Å². The minimum Gasteiger partial charge on any atom is -0.394 e. The maximum Gasteiger partial charge on any atom is 0.330 e. The SMILES string of the molecule is CC[C@H]1O[C@@H](n2cc(I)c(=O)[nH]c2=O)C[C@H]1O.O=c1[nH]c(=O)n([C@H]2C[C@@H](O)[C@@H](CO)O2)cc1I. The quantitative estimate of drug-likeness (QED) is 0.248. The van der Waals surface area contributed by atoms with Crippen molar-refractivity contribution in [2.75, 3.05) is 6.61 Å². The van der Waals surface area contributed by atoms with E-state index in [1.165, 1.54) is 21.5 Å². The van der Waals surface area contributed by atoms with Gasteiger partial charge in [-0.15, -0.1) is 0 Å². The van der Waals surface area contributed by atoms with Crippen LogP contribution >= 0.6 is 45.2 Å². The van der Waals surface area contributed by atoms with Crippen LogP contribution in [0.25, 0.3) is 0 Å². The molecule has 188 valence electrons. The first-order chi connectivity index (χ1) is 16.0. The molecule has 0 saturated carbocycles. The van der Waals surface area contributed by atoms with Crippen LogP contribution in [0, 0.1) is 7.14 Å². The lowest BCUT2D eigenvalue weighted by molar-refractivity contribution is -0.0459. The summed E-state index contributed by atoms with van der Waals surface area (Å²) < 4.78 is 14.2. The highest BCUT2D eigenvalue weighted by atomic mass is 127. The zero-order chi connectivity index (χ0) is 25.2. The van der Waals surface area contributed by atoms with E-state index in [9.17, 15) is 29.4 Å². The summed E-state index contributed by atoms with van der Waals surface area (Å²) in [5, 5.41) is 28.2. The largest absolute Gasteiger partial charge is 0.394 e. The summed E-state index contributed by atoms with van der Waals surface area (Å²) in [7, 11) is 0. The number of aliphatic hydroxyl groups is 3. The fourth-order valence-corrected chi connectivity index (χ4v) is 4.52. The summed E-state index contributed by atoms with van der Waals surface area (Å²) in [4.78, 5) is 50.0. The van der Waals surface area contributed by atoms with Crippen LogP contribution in [-0.2, 0) is 9.47 Å². The number of rotatable bonds is 4. The molecular formula is C19H24I2N4O9.